The lowest BCUT2D eigenvalue weighted by atomic mass is 10.4. The summed E-state index contributed by atoms with van der Waals surface area (Å²) in [5, 5.41) is 0. The highest BCUT2D eigenvalue weighted by atomic mass is 32.2. The van der Waals surface area contributed by atoms with Crippen molar-refractivity contribution >= 4 is 17.5 Å². The van der Waals surface area contributed by atoms with E-state index in [-0.39, 0.29) is 0 Å². The average molecular weight is 141 g/mol. The maximum atomic E-state index is 4.22. The number of thioether (sulfide) groups is 1. The van der Waals surface area contributed by atoms with Crippen LogP contribution in [0.5, 0.6) is 0 Å². The molecular formula is C7H11NS. The van der Waals surface area contributed by atoms with E-state index in [0.717, 1.165) is 12.2 Å². The van der Waals surface area contributed by atoms with Crippen molar-refractivity contribution in [2.75, 3.05) is 5.75 Å². The monoisotopic (exact) mass is 141 g/mol. The predicted molar refractivity (Wildman–Crippen MR) is 43.9 cm³/mol. The zero-order chi connectivity index (χ0) is 6.69. The number of nitrogens with zero attached hydrogens (tertiary/aromatic N) is 1. The van der Waals surface area contributed by atoms with Crippen LogP contribution in [0.15, 0.2) is 16.1 Å². The van der Waals surface area contributed by atoms with Gasteiger partial charge in [-0.25, -0.2) is 0 Å². The van der Waals surface area contributed by atoms with Gasteiger partial charge in [0.25, 0.3) is 0 Å². The standard InChI is InChI=1S/C7H11NS/c1-3-7-4-8-6(2)5-9-7/h4H,3,5H2,1-2H3. The van der Waals surface area contributed by atoms with Gasteiger partial charge in [-0.15, -0.1) is 11.8 Å². The van der Waals surface area contributed by atoms with E-state index in [4.69, 9.17) is 0 Å². The second-order valence-corrected chi connectivity index (χ2v) is 3.20. The summed E-state index contributed by atoms with van der Waals surface area (Å²) in [4.78, 5) is 5.62. The van der Waals surface area contributed by atoms with Crippen LogP contribution in [0.3, 0.4) is 0 Å². The van der Waals surface area contributed by atoms with Crippen LogP contribution in [-0.4, -0.2) is 11.5 Å². The Labute approximate surface area is 60.3 Å². The second-order valence-electron chi connectivity index (χ2n) is 2.10. The molecule has 1 heterocycles. The van der Waals surface area contributed by atoms with Crippen LogP contribution < -0.4 is 0 Å². The molecule has 1 aliphatic heterocycles. The summed E-state index contributed by atoms with van der Waals surface area (Å²) in [7, 11) is 0. The van der Waals surface area contributed by atoms with E-state index >= 15 is 0 Å². The number of hydrogen-bond acceptors (Lipinski definition) is 2. The van der Waals surface area contributed by atoms with E-state index in [1.165, 1.54) is 10.6 Å². The van der Waals surface area contributed by atoms with Gasteiger partial charge in [-0.3, -0.25) is 4.99 Å². The van der Waals surface area contributed by atoms with E-state index < -0.39 is 0 Å². The summed E-state index contributed by atoms with van der Waals surface area (Å²) in [5.41, 5.74) is 1.23. The minimum atomic E-state index is 1.08. The minimum Gasteiger partial charge on any atom is -0.264 e. The van der Waals surface area contributed by atoms with Crippen LogP contribution >= 0.6 is 11.8 Å². The van der Waals surface area contributed by atoms with Crippen LogP contribution in [0.4, 0.5) is 0 Å². The largest absolute Gasteiger partial charge is 0.264 e. The van der Waals surface area contributed by atoms with Gasteiger partial charge in [0.15, 0.2) is 0 Å². The summed E-state index contributed by atoms with van der Waals surface area (Å²) in [6.07, 6.45) is 3.10. The fraction of sp³-hybridized carbons (Fsp3) is 0.571. The first-order valence-electron chi connectivity index (χ1n) is 3.18. The van der Waals surface area contributed by atoms with E-state index in [9.17, 15) is 0 Å². The molecule has 0 aromatic heterocycles. The van der Waals surface area contributed by atoms with Gasteiger partial charge >= 0.3 is 0 Å². The lowest BCUT2D eigenvalue weighted by molar-refractivity contribution is 1.18. The molecule has 0 atom stereocenters. The number of hydrogen-bond donors (Lipinski definition) is 0. The highest BCUT2D eigenvalue weighted by molar-refractivity contribution is 8.03. The third-order valence-corrected chi connectivity index (χ3v) is 2.57. The molecule has 1 aliphatic rings. The Hall–Kier alpha value is -0.240. The molecule has 0 fully saturated rings. The zero-order valence-electron chi connectivity index (χ0n) is 5.85. The summed E-state index contributed by atoms with van der Waals surface area (Å²) in [6.45, 7) is 4.23. The third-order valence-electron chi connectivity index (χ3n) is 1.24. The van der Waals surface area contributed by atoms with Crippen LogP contribution in [0.2, 0.25) is 0 Å². The number of rotatable bonds is 1. The molecule has 0 bridgehead atoms. The van der Waals surface area contributed by atoms with E-state index in [0.29, 0.717) is 0 Å². The predicted octanol–water partition coefficient (Wildman–Crippen LogP) is 2.45. The quantitative estimate of drug-likeness (QED) is 0.546. The molecule has 50 valence electrons. The van der Waals surface area contributed by atoms with Crippen LogP contribution in [-0.2, 0) is 0 Å². The Morgan fingerprint density at radius 2 is 2.56 bits per heavy atom. The zero-order valence-corrected chi connectivity index (χ0v) is 6.66. The van der Waals surface area contributed by atoms with E-state index in [2.05, 4.69) is 18.8 Å². The molecule has 1 nitrogen and oxygen atoms in total. The van der Waals surface area contributed by atoms with Gasteiger partial charge in [-0.05, 0) is 13.3 Å². The maximum Gasteiger partial charge on any atom is 0.0362 e. The fourth-order valence-electron chi connectivity index (χ4n) is 0.647. The molecule has 0 aromatic rings. The minimum absolute atomic E-state index is 1.08. The first-order chi connectivity index (χ1) is 4.33. The molecule has 0 aromatic carbocycles. The molecule has 0 saturated carbocycles. The molecule has 2 heteroatoms. The van der Waals surface area contributed by atoms with Gasteiger partial charge in [0.05, 0.1) is 0 Å². The van der Waals surface area contributed by atoms with Gasteiger partial charge in [0.1, 0.15) is 0 Å². The Kier molecular flexibility index (Phi) is 2.34. The maximum absolute atomic E-state index is 4.22. The van der Waals surface area contributed by atoms with Gasteiger partial charge in [-0.1, -0.05) is 6.92 Å². The van der Waals surface area contributed by atoms with Gasteiger partial charge < -0.3 is 0 Å². The Balaban J connectivity index is 2.59. The van der Waals surface area contributed by atoms with Crippen molar-refractivity contribution in [1.29, 1.82) is 0 Å². The van der Waals surface area contributed by atoms with Gasteiger partial charge in [0, 0.05) is 22.6 Å². The summed E-state index contributed by atoms with van der Waals surface area (Å²) < 4.78 is 0. The van der Waals surface area contributed by atoms with Crippen molar-refractivity contribution in [1.82, 2.24) is 0 Å². The first kappa shape index (κ1) is 6.87. The second kappa shape index (κ2) is 3.06. The lowest BCUT2D eigenvalue weighted by Gasteiger charge is -2.07. The number of aliphatic imine (C=N–C) groups is 1. The highest BCUT2D eigenvalue weighted by Crippen LogP contribution is 2.22. The smallest absolute Gasteiger partial charge is 0.0362 e. The molecule has 0 spiro atoms. The first-order valence-corrected chi connectivity index (χ1v) is 4.16. The Morgan fingerprint density at radius 3 is 3.00 bits per heavy atom. The van der Waals surface area contributed by atoms with Crippen molar-refractivity contribution in [2.45, 2.75) is 20.3 Å². The van der Waals surface area contributed by atoms with Crippen molar-refractivity contribution in [3.63, 3.8) is 0 Å². The molecule has 1 rings (SSSR count). The van der Waals surface area contributed by atoms with E-state index in [1.54, 1.807) is 0 Å². The van der Waals surface area contributed by atoms with Crippen LogP contribution in [0.1, 0.15) is 20.3 Å². The van der Waals surface area contributed by atoms with Crippen LogP contribution in [0, 0.1) is 0 Å². The third kappa shape index (κ3) is 1.86. The average Bonchev–Trinajstić information content (AvgIpc) is 1.90. The van der Waals surface area contributed by atoms with Crippen molar-refractivity contribution < 1.29 is 0 Å². The Bertz CT molecular complexity index is 158. The lowest BCUT2D eigenvalue weighted by Crippen LogP contribution is -1.98. The molecule has 0 unspecified atom stereocenters. The molecular weight excluding hydrogens is 130 g/mol. The molecule has 0 N–H and O–H groups in total. The van der Waals surface area contributed by atoms with E-state index in [1.807, 2.05) is 18.0 Å². The van der Waals surface area contributed by atoms with Crippen molar-refractivity contribution in [3.05, 3.63) is 11.1 Å². The topological polar surface area (TPSA) is 12.4 Å². The molecule has 0 radical (unpaired) electrons. The summed E-state index contributed by atoms with van der Waals surface area (Å²) in [5.74, 6) is 1.08. The van der Waals surface area contributed by atoms with Crippen LogP contribution in [0.25, 0.3) is 0 Å². The Morgan fingerprint density at radius 1 is 1.78 bits per heavy atom. The molecule has 0 aliphatic carbocycles. The molecule has 0 amide bonds. The normalized spacial score (nSPS) is 18.9. The summed E-state index contributed by atoms with van der Waals surface area (Å²) >= 11 is 1.90. The number of allylic oxidation sites excluding steroid dienone is 1. The SMILES string of the molecule is CCC1=CN=C(C)CS1. The van der Waals surface area contributed by atoms with Gasteiger partial charge in [0.2, 0.25) is 0 Å². The summed E-state index contributed by atoms with van der Waals surface area (Å²) in [6, 6.07) is 0. The van der Waals surface area contributed by atoms with Crippen molar-refractivity contribution in [3.8, 4) is 0 Å². The highest BCUT2D eigenvalue weighted by Gasteiger charge is 2.01. The van der Waals surface area contributed by atoms with Gasteiger partial charge in [-0.2, -0.15) is 0 Å². The molecule has 0 saturated heterocycles. The van der Waals surface area contributed by atoms with Crippen molar-refractivity contribution in [2.24, 2.45) is 4.99 Å². The molecule has 9 heavy (non-hydrogen) atoms. The fourth-order valence-corrected chi connectivity index (χ4v) is 1.45.